The zero-order valence-electron chi connectivity index (χ0n) is 17.4. The maximum atomic E-state index is 12.9. The second-order valence-electron chi connectivity index (χ2n) is 7.13. The fourth-order valence-corrected chi connectivity index (χ4v) is 5.41. The van der Waals surface area contributed by atoms with Crippen LogP contribution in [-0.4, -0.2) is 56.4 Å². The third kappa shape index (κ3) is 5.88. The number of nitrogens with one attached hydrogen (secondary N) is 1. The van der Waals surface area contributed by atoms with Crippen LogP contribution in [-0.2, 0) is 30.9 Å². The van der Waals surface area contributed by atoms with Gasteiger partial charge in [-0.05, 0) is 37.5 Å². The highest BCUT2D eigenvalue weighted by Gasteiger charge is 2.26. The Morgan fingerprint density at radius 2 is 1.97 bits per heavy atom. The molecule has 0 radical (unpaired) electrons. The molecule has 1 fully saturated rings. The van der Waals surface area contributed by atoms with E-state index < -0.39 is 28.5 Å². The summed E-state index contributed by atoms with van der Waals surface area (Å²) in [6.07, 6.45) is 2.70. The van der Waals surface area contributed by atoms with E-state index in [0.29, 0.717) is 29.3 Å². The molecule has 0 spiro atoms. The number of nitrogens with zero attached hydrogens (tertiary/aromatic N) is 2. The van der Waals surface area contributed by atoms with Gasteiger partial charge in [0.2, 0.25) is 10.0 Å². The maximum absolute atomic E-state index is 12.9. The molecule has 168 valence electrons. The number of benzene rings is 1. The summed E-state index contributed by atoms with van der Waals surface area (Å²) in [6.45, 7) is 2.52. The first kappa shape index (κ1) is 23.3. The van der Waals surface area contributed by atoms with Crippen molar-refractivity contribution in [3.05, 3.63) is 39.8 Å². The average Bonchev–Trinajstić information content (AvgIpc) is 3.23. The van der Waals surface area contributed by atoms with Gasteiger partial charge in [-0.2, -0.15) is 4.31 Å². The number of piperidine rings is 1. The van der Waals surface area contributed by atoms with Crippen molar-refractivity contribution >= 4 is 38.9 Å². The average molecular weight is 468 g/mol. The normalized spacial score (nSPS) is 14.9. The Bertz CT molecular complexity index is 1040. The predicted molar refractivity (Wildman–Crippen MR) is 116 cm³/mol. The van der Waals surface area contributed by atoms with Crippen molar-refractivity contribution in [3.8, 4) is 0 Å². The second kappa shape index (κ2) is 10.3. The first-order valence-corrected chi connectivity index (χ1v) is 12.1. The van der Waals surface area contributed by atoms with Crippen molar-refractivity contribution in [2.24, 2.45) is 0 Å². The lowest BCUT2D eigenvalue weighted by Crippen LogP contribution is -2.35. The van der Waals surface area contributed by atoms with Crippen molar-refractivity contribution in [3.63, 3.8) is 0 Å². The number of aryl methyl sites for hydroxylation is 1. The fraction of sp³-hybridized carbons (Fsp3) is 0.450. The number of rotatable bonds is 8. The van der Waals surface area contributed by atoms with E-state index in [1.807, 2.05) is 0 Å². The van der Waals surface area contributed by atoms with Crippen LogP contribution >= 0.6 is 11.3 Å². The number of carbonyl (C=O) groups is 2. The van der Waals surface area contributed by atoms with Gasteiger partial charge in [-0.3, -0.25) is 4.79 Å². The molecule has 31 heavy (non-hydrogen) atoms. The van der Waals surface area contributed by atoms with Gasteiger partial charge in [-0.25, -0.2) is 18.2 Å². The molecule has 1 amide bonds. The zero-order chi connectivity index (χ0) is 22.4. The van der Waals surface area contributed by atoms with Crippen molar-refractivity contribution < 1.29 is 27.5 Å². The zero-order valence-corrected chi connectivity index (χ0v) is 19.1. The van der Waals surface area contributed by atoms with E-state index in [-0.39, 0.29) is 17.2 Å². The Hall–Kier alpha value is -2.34. The smallest absolute Gasteiger partial charge is 0.358 e. The Morgan fingerprint density at radius 3 is 2.68 bits per heavy atom. The highest BCUT2D eigenvalue weighted by Crippen LogP contribution is 2.25. The Balaban J connectivity index is 1.62. The number of hydrogen-bond donors (Lipinski definition) is 1. The molecule has 2 aromatic rings. The molecule has 1 aliphatic heterocycles. The highest BCUT2D eigenvalue weighted by molar-refractivity contribution is 7.89. The lowest BCUT2D eigenvalue weighted by Gasteiger charge is -2.26. The van der Waals surface area contributed by atoms with E-state index in [1.165, 1.54) is 40.3 Å². The van der Waals surface area contributed by atoms with Crippen LogP contribution in [0.3, 0.4) is 0 Å². The number of hydrogen-bond acceptors (Lipinski definition) is 8. The number of amides is 1. The molecule has 1 saturated heterocycles. The minimum absolute atomic E-state index is 0.107. The van der Waals surface area contributed by atoms with Gasteiger partial charge in [0.05, 0.1) is 11.5 Å². The largest absolute Gasteiger partial charge is 0.451 e. The fourth-order valence-electron chi connectivity index (χ4n) is 3.14. The summed E-state index contributed by atoms with van der Waals surface area (Å²) in [5, 5.41) is 4.78. The number of ether oxygens (including phenoxy) is 2. The molecular formula is C20H25N3O6S2. The lowest BCUT2D eigenvalue weighted by atomic mass is 10.2. The summed E-state index contributed by atoms with van der Waals surface area (Å²) in [6, 6.07) is 4.62. The van der Waals surface area contributed by atoms with Crippen LogP contribution in [0, 0.1) is 6.92 Å². The van der Waals surface area contributed by atoms with E-state index in [0.717, 1.165) is 19.3 Å². The van der Waals surface area contributed by atoms with E-state index in [1.54, 1.807) is 13.0 Å². The molecule has 0 aliphatic carbocycles. The predicted octanol–water partition coefficient (Wildman–Crippen LogP) is 2.57. The number of esters is 1. The minimum atomic E-state index is -3.62. The number of methoxy groups -OCH3 is 1. The van der Waals surface area contributed by atoms with Crippen LogP contribution in [0.15, 0.2) is 28.5 Å². The summed E-state index contributed by atoms with van der Waals surface area (Å²) in [5.74, 6) is -1.29. The van der Waals surface area contributed by atoms with E-state index in [9.17, 15) is 18.0 Å². The minimum Gasteiger partial charge on any atom is -0.451 e. The van der Waals surface area contributed by atoms with Gasteiger partial charge in [0.25, 0.3) is 5.91 Å². The summed E-state index contributed by atoms with van der Waals surface area (Å²) in [5.41, 5.74) is 1.16. The van der Waals surface area contributed by atoms with Crippen LogP contribution in [0.2, 0.25) is 0 Å². The number of carbonyl (C=O) groups excluding carboxylic acids is 2. The first-order valence-electron chi connectivity index (χ1n) is 9.82. The van der Waals surface area contributed by atoms with Gasteiger partial charge >= 0.3 is 5.97 Å². The third-order valence-corrected chi connectivity index (χ3v) is 7.52. The third-order valence-electron chi connectivity index (χ3n) is 4.80. The van der Waals surface area contributed by atoms with Gasteiger partial charge in [0.15, 0.2) is 12.3 Å². The van der Waals surface area contributed by atoms with Crippen molar-refractivity contribution in [1.29, 1.82) is 0 Å². The highest BCUT2D eigenvalue weighted by atomic mass is 32.2. The Labute approximate surface area is 185 Å². The molecule has 0 saturated carbocycles. The molecule has 1 N–H and O–H groups in total. The molecule has 3 rings (SSSR count). The molecular weight excluding hydrogens is 442 g/mol. The molecule has 1 aromatic heterocycles. The molecule has 2 heterocycles. The summed E-state index contributed by atoms with van der Waals surface area (Å²) >= 11 is 1.26. The number of sulfonamides is 1. The van der Waals surface area contributed by atoms with Crippen LogP contribution < -0.4 is 5.32 Å². The molecule has 11 heteroatoms. The van der Waals surface area contributed by atoms with Crippen LogP contribution in [0.1, 0.15) is 40.3 Å². The summed E-state index contributed by atoms with van der Waals surface area (Å²) in [7, 11) is -2.10. The molecule has 9 nitrogen and oxygen atoms in total. The molecule has 1 aliphatic rings. The van der Waals surface area contributed by atoms with Crippen LogP contribution in [0.25, 0.3) is 0 Å². The van der Waals surface area contributed by atoms with Gasteiger partial charge < -0.3 is 14.8 Å². The second-order valence-corrected chi connectivity index (χ2v) is 10.0. The van der Waals surface area contributed by atoms with E-state index in [2.05, 4.69) is 10.3 Å². The maximum Gasteiger partial charge on any atom is 0.358 e. The Morgan fingerprint density at radius 1 is 1.23 bits per heavy atom. The number of anilines is 1. The van der Waals surface area contributed by atoms with Gasteiger partial charge in [-0.15, -0.1) is 11.3 Å². The molecule has 0 bridgehead atoms. The van der Waals surface area contributed by atoms with Crippen molar-refractivity contribution in [2.75, 3.05) is 32.1 Å². The number of aromatic nitrogens is 1. The van der Waals surface area contributed by atoms with Gasteiger partial charge in [-0.1, -0.05) is 12.5 Å². The molecule has 0 atom stereocenters. The van der Waals surface area contributed by atoms with Gasteiger partial charge in [0, 0.05) is 31.3 Å². The SMILES string of the molecule is COCc1nc(C(=O)OCC(=O)Nc2cc(S(=O)(=O)N3CCCCC3)ccc2C)cs1. The molecule has 1 aromatic carbocycles. The quantitative estimate of drug-likeness (QED) is 0.593. The van der Waals surface area contributed by atoms with Crippen molar-refractivity contribution in [1.82, 2.24) is 9.29 Å². The van der Waals surface area contributed by atoms with Gasteiger partial charge in [0.1, 0.15) is 5.01 Å². The summed E-state index contributed by atoms with van der Waals surface area (Å²) in [4.78, 5) is 28.5. The summed E-state index contributed by atoms with van der Waals surface area (Å²) < 4.78 is 37.2. The monoisotopic (exact) mass is 467 g/mol. The number of thiazole rings is 1. The standard InChI is InChI=1S/C20H25N3O6S2/c1-14-6-7-15(31(26,27)23-8-4-3-5-9-23)10-16(14)21-18(24)11-29-20(25)17-13-30-19(22-17)12-28-2/h6-7,10,13H,3-5,8-9,11-12H2,1-2H3,(H,21,24). The van der Waals surface area contributed by atoms with E-state index in [4.69, 9.17) is 9.47 Å². The lowest BCUT2D eigenvalue weighted by molar-refractivity contribution is -0.119. The van der Waals surface area contributed by atoms with E-state index >= 15 is 0 Å². The van der Waals surface area contributed by atoms with Crippen LogP contribution in [0.4, 0.5) is 5.69 Å². The topological polar surface area (TPSA) is 115 Å². The van der Waals surface area contributed by atoms with Crippen LogP contribution in [0.5, 0.6) is 0 Å². The van der Waals surface area contributed by atoms with Crippen molar-refractivity contribution in [2.45, 2.75) is 37.7 Å². The Kier molecular flexibility index (Phi) is 7.76. The molecule has 0 unspecified atom stereocenters. The first-order chi connectivity index (χ1) is 14.8.